The Morgan fingerprint density at radius 3 is 1.74 bits per heavy atom. The maximum absolute atomic E-state index is 6.81. The Bertz CT molecular complexity index is 3540. The van der Waals surface area contributed by atoms with E-state index in [4.69, 9.17) is 4.42 Å². The van der Waals surface area contributed by atoms with E-state index in [1.807, 2.05) is 6.07 Å². The molecular weight excluding hydrogens is 739 g/mol. The maximum atomic E-state index is 6.81. The molecular formula is C59H37NO. The third kappa shape index (κ3) is 4.79. The molecule has 2 aliphatic rings. The Hall–Kier alpha value is -7.94. The Morgan fingerprint density at radius 1 is 0.344 bits per heavy atom. The van der Waals surface area contributed by atoms with Crippen LogP contribution in [0, 0.1) is 0 Å². The molecule has 0 fully saturated rings. The molecule has 1 atom stereocenters. The molecule has 2 aliphatic carbocycles. The third-order valence-corrected chi connectivity index (χ3v) is 13.3. The van der Waals surface area contributed by atoms with Gasteiger partial charge < -0.3 is 9.32 Å². The van der Waals surface area contributed by atoms with Crippen LogP contribution in [0.25, 0.3) is 77.2 Å². The molecule has 0 N–H and O–H groups in total. The highest BCUT2D eigenvalue weighted by molar-refractivity contribution is 6.11. The van der Waals surface area contributed by atoms with Crippen LogP contribution in [0.2, 0.25) is 0 Å². The first-order chi connectivity index (χ1) is 30.3. The summed E-state index contributed by atoms with van der Waals surface area (Å²) < 4.78 is 6.81. The van der Waals surface area contributed by atoms with Gasteiger partial charge in [0.1, 0.15) is 5.58 Å². The quantitative estimate of drug-likeness (QED) is 0.177. The Labute approximate surface area is 354 Å². The van der Waals surface area contributed by atoms with Crippen LogP contribution in [-0.4, -0.2) is 0 Å². The number of hydrogen-bond donors (Lipinski definition) is 0. The van der Waals surface area contributed by atoms with Crippen molar-refractivity contribution in [2.45, 2.75) is 5.41 Å². The van der Waals surface area contributed by atoms with E-state index in [1.165, 1.54) is 77.5 Å². The zero-order chi connectivity index (χ0) is 40.1. The van der Waals surface area contributed by atoms with Gasteiger partial charge in [0, 0.05) is 22.1 Å². The van der Waals surface area contributed by atoms with Crippen molar-refractivity contribution in [3.8, 4) is 44.5 Å². The molecule has 2 heteroatoms. The second kappa shape index (κ2) is 13.0. The van der Waals surface area contributed by atoms with Crippen LogP contribution in [0.1, 0.15) is 22.3 Å². The summed E-state index contributed by atoms with van der Waals surface area (Å²) in [5.41, 5.74) is 19.3. The number of fused-ring (bicyclic) bond motifs is 17. The summed E-state index contributed by atoms with van der Waals surface area (Å²) in [5, 5.41) is 4.73. The average Bonchev–Trinajstić information content (AvgIpc) is 3.84. The number of hydrogen-bond acceptors (Lipinski definition) is 2. The predicted octanol–water partition coefficient (Wildman–Crippen LogP) is 15.9. The normalized spacial score (nSPS) is 14.6. The van der Waals surface area contributed by atoms with E-state index < -0.39 is 5.41 Å². The second-order valence-corrected chi connectivity index (χ2v) is 16.3. The van der Waals surface area contributed by atoms with Crippen molar-refractivity contribution in [3.63, 3.8) is 0 Å². The minimum Gasteiger partial charge on any atom is -0.454 e. The molecule has 284 valence electrons. The molecule has 0 aliphatic heterocycles. The van der Waals surface area contributed by atoms with Gasteiger partial charge in [-0.1, -0.05) is 188 Å². The zero-order valence-electron chi connectivity index (χ0n) is 33.2. The van der Waals surface area contributed by atoms with Gasteiger partial charge in [0.25, 0.3) is 0 Å². The van der Waals surface area contributed by atoms with Crippen molar-refractivity contribution in [2.24, 2.45) is 0 Å². The molecule has 0 bridgehead atoms. The maximum Gasteiger partial charge on any atom is 0.159 e. The van der Waals surface area contributed by atoms with E-state index in [-0.39, 0.29) is 0 Å². The van der Waals surface area contributed by atoms with Crippen molar-refractivity contribution in [1.29, 1.82) is 0 Å². The van der Waals surface area contributed by atoms with Gasteiger partial charge in [0.05, 0.1) is 11.1 Å². The Balaban J connectivity index is 1.15. The van der Waals surface area contributed by atoms with Crippen LogP contribution in [0.5, 0.6) is 0 Å². The lowest BCUT2D eigenvalue weighted by atomic mass is 9.65. The van der Waals surface area contributed by atoms with Crippen LogP contribution in [0.3, 0.4) is 0 Å². The summed E-state index contributed by atoms with van der Waals surface area (Å²) in [4.78, 5) is 2.40. The van der Waals surface area contributed by atoms with E-state index in [2.05, 4.69) is 223 Å². The number of nitrogens with zero attached hydrogens (tertiary/aromatic N) is 1. The fourth-order valence-corrected chi connectivity index (χ4v) is 10.8. The van der Waals surface area contributed by atoms with E-state index in [1.54, 1.807) is 0 Å². The molecule has 13 rings (SSSR count). The standard InChI is InChI=1S/C59H37NO/c1-2-15-38(16-3-1)39-29-32-41(33-30-39)60(55-27-14-24-49-48-22-10-13-28-56(48)61-58(49)55)42-34-35-47-45-20-7-6-19-44(45)46-21-8-11-25-51(46)59(54(47)37-42)52-26-12-9-23-50(52)57-43-18-5-4-17-40(43)31-36-53(57)59/h1-37H. The SMILES string of the molecule is c1ccc(-c2ccc(N(c3ccc4c(c3)C3(c5ccccc5-c5ccccc5-4)c4ccccc4-c4c3ccc3ccccc43)c3cccc4c3oc3ccccc34)cc2)cc1. The van der Waals surface area contributed by atoms with Crippen LogP contribution in [0.15, 0.2) is 229 Å². The molecule has 0 saturated carbocycles. The monoisotopic (exact) mass is 775 g/mol. The zero-order valence-corrected chi connectivity index (χ0v) is 33.2. The summed E-state index contributed by atoms with van der Waals surface area (Å²) in [5.74, 6) is 0. The molecule has 1 unspecified atom stereocenters. The van der Waals surface area contributed by atoms with Crippen LogP contribution in [-0.2, 0) is 5.41 Å². The number of benzene rings is 10. The predicted molar refractivity (Wildman–Crippen MR) is 253 cm³/mol. The summed E-state index contributed by atoms with van der Waals surface area (Å²) in [6.45, 7) is 0. The lowest BCUT2D eigenvalue weighted by Crippen LogP contribution is -2.29. The van der Waals surface area contributed by atoms with Gasteiger partial charge in [-0.2, -0.15) is 0 Å². The molecule has 61 heavy (non-hydrogen) atoms. The fourth-order valence-electron chi connectivity index (χ4n) is 10.8. The van der Waals surface area contributed by atoms with Crippen molar-refractivity contribution in [2.75, 3.05) is 4.90 Å². The minimum atomic E-state index is -0.634. The average molecular weight is 776 g/mol. The number of anilines is 3. The van der Waals surface area contributed by atoms with Gasteiger partial charge in [-0.15, -0.1) is 0 Å². The number of furan rings is 1. The molecule has 1 aromatic heterocycles. The Morgan fingerprint density at radius 2 is 0.934 bits per heavy atom. The summed E-state index contributed by atoms with van der Waals surface area (Å²) in [6, 6.07) is 82.5. The van der Waals surface area contributed by atoms with Gasteiger partial charge >= 0.3 is 0 Å². The van der Waals surface area contributed by atoms with Gasteiger partial charge in [-0.25, -0.2) is 0 Å². The van der Waals surface area contributed by atoms with Crippen LogP contribution < -0.4 is 4.90 Å². The first-order valence-corrected chi connectivity index (χ1v) is 21.1. The summed E-state index contributed by atoms with van der Waals surface area (Å²) >= 11 is 0. The van der Waals surface area contributed by atoms with Crippen molar-refractivity contribution >= 4 is 49.8 Å². The smallest absolute Gasteiger partial charge is 0.159 e. The van der Waals surface area contributed by atoms with Gasteiger partial charge in [-0.05, 0) is 114 Å². The van der Waals surface area contributed by atoms with Gasteiger partial charge in [0.2, 0.25) is 0 Å². The van der Waals surface area contributed by atoms with Crippen LogP contribution in [0.4, 0.5) is 17.1 Å². The first kappa shape index (κ1) is 34.0. The molecule has 1 spiro atoms. The van der Waals surface area contributed by atoms with Crippen LogP contribution >= 0.6 is 0 Å². The molecule has 0 amide bonds. The fraction of sp³-hybridized carbons (Fsp3) is 0.0169. The first-order valence-electron chi connectivity index (χ1n) is 21.1. The molecule has 0 radical (unpaired) electrons. The Kier molecular flexibility index (Phi) is 7.26. The molecule has 11 aromatic rings. The van der Waals surface area contributed by atoms with E-state index >= 15 is 0 Å². The second-order valence-electron chi connectivity index (χ2n) is 16.3. The lowest BCUT2D eigenvalue weighted by Gasteiger charge is -2.36. The minimum absolute atomic E-state index is 0.634. The highest BCUT2D eigenvalue weighted by atomic mass is 16.3. The highest BCUT2D eigenvalue weighted by Gasteiger charge is 2.50. The lowest BCUT2D eigenvalue weighted by molar-refractivity contribution is 0.669. The highest BCUT2D eigenvalue weighted by Crippen LogP contribution is 2.63. The molecule has 1 heterocycles. The molecule has 0 saturated heterocycles. The van der Waals surface area contributed by atoms with Gasteiger partial charge in [-0.3, -0.25) is 0 Å². The molecule has 2 nitrogen and oxygen atoms in total. The summed E-state index contributed by atoms with van der Waals surface area (Å²) in [7, 11) is 0. The van der Waals surface area contributed by atoms with Crippen molar-refractivity contribution < 1.29 is 4.42 Å². The molecule has 10 aromatic carbocycles. The largest absolute Gasteiger partial charge is 0.454 e. The van der Waals surface area contributed by atoms with Crippen molar-refractivity contribution in [1.82, 2.24) is 0 Å². The van der Waals surface area contributed by atoms with E-state index in [0.717, 1.165) is 39.0 Å². The number of para-hydroxylation sites is 2. The van der Waals surface area contributed by atoms with Crippen molar-refractivity contribution in [3.05, 3.63) is 247 Å². The topological polar surface area (TPSA) is 16.4 Å². The van der Waals surface area contributed by atoms with Gasteiger partial charge in [0.15, 0.2) is 5.58 Å². The number of rotatable bonds is 4. The third-order valence-electron chi connectivity index (χ3n) is 13.3. The van der Waals surface area contributed by atoms with E-state index in [9.17, 15) is 0 Å². The summed E-state index contributed by atoms with van der Waals surface area (Å²) in [6.07, 6.45) is 0. The van der Waals surface area contributed by atoms with E-state index in [0.29, 0.717) is 0 Å².